The number of halogens is 3. The van der Waals surface area contributed by atoms with Gasteiger partial charge in [-0.2, -0.15) is 13.2 Å². The summed E-state index contributed by atoms with van der Waals surface area (Å²) in [6.07, 6.45) is -1.89. The SMILES string of the molecule is COCC(NCCOCC(F)(F)F)C1CC1. The van der Waals surface area contributed by atoms with E-state index in [1.54, 1.807) is 7.11 Å². The smallest absolute Gasteiger partial charge is 0.383 e. The second-order valence-electron chi connectivity index (χ2n) is 4.02. The molecule has 0 aromatic rings. The van der Waals surface area contributed by atoms with Crippen molar-refractivity contribution in [1.82, 2.24) is 5.32 Å². The Morgan fingerprint density at radius 2 is 2.06 bits per heavy atom. The normalized spacial score (nSPS) is 18.8. The van der Waals surface area contributed by atoms with Gasteiger partial charge in [-0.15, -0.1) is 0 Å². The highest BCUT2D eigenvalue weighted by Crippen LogP contribution is 2.32. The van der Waals surface area contributed by atoms with Gasteiger partial charge in [0.05, 0.1) is 13.2 Å². The number of hydrogen-bond donors (Lipinski definition) is 1. The Kier molecular flexibility index (Phi) is 5.51. The van der Waals surface area contributed by atoms with E-state index in [0.717, 1.165) is 0 Å². The van der Waals surface area contributed by atoms with E-state index in [1.165, 1.54) is 12.8 Å². The van der Waals surface area contributed by atoms with E-state index in [9.17, 15) is 13.2 Å². The Morgan fingerprint density at radius 1 is 1.38 bits per heavy atom. The molecule has 0 spiro atoms. The van der Waals surface area contributed by atoms with Crippen molar-refractivity contribution in [2.24, 2.45) is 5.92 Å². The monoisotopic (exact) mass is 241 g/mol. The number of alkyl halides is 3. The minimum Gasteiger partial charge on any atom is -0.383 e. The van der Waals surface area contributed by atoms with Crippen LogP contribution < -0.4 is 5.32 Å². The largest absolute Gasteiger partial charge is 0.411 e. The summed E-state index contributed by atoms with van der Waals surface area (Å²) in [7, 11) is 1.62. The number of ether oxygens (including phenoxy) is 2. The fourth-order valence-corrected chi connectivity index (χ4v) is 1.54. The molecule has 1 atom stereocenters. The summed E-state index contributed by atoms with van der Waals surface area (Å²) in [4.78, 5) is 0. The summed E-state index contributed by atoms with van der Waals surface area (Å²) in [6.45, 7) is -0.0654. The van der Waals surface area contributed by atoms with Crippen LogP contribution in [0.2, 0.25) is 0 Å². The predicted octanol–water partition coefficient (Wildman–Crippen LogP) is 1.58. The molecule has 0 bridgehead atoms. The van der Waals surface area contributed by atoms with Crippen molar-refractivity contribution in [2.45, 2.75) is 25.1 Å². The second kappa shape index (κ2) is 6.42. The zero-order chi connectivity index (χ0) is 12.0. The molecule has 1 N–H and O–H groups in total. The van der Waals surface area contributed by atoms with E-state index in [2.05, 4.69) is 10.1 Å². The number of hydrogen-bond acceptors (Lipinski definition) is 3. The molecule has 16 heavy (non-hydrogen) atoms. The average molecular weight is 241 g/mol. The fourth-order valence-electron chi connectivity index (χ4n) is 1.54. The number of methoxy groups -OCH3 is 1. The summed E-state index contributed by atoms with van der Waals surface area (Å²) in [5, 5.41) is 3.15. The first-order valence-corrected chi connectivity index (χ1v) is 5.40. The maximum atomic E-state index is 11.7. The molecule has 0 radical (unpaired) electrons. The molecule has 0 aromatic carbocycles. The van der Waals surface area contributed by atoms with Crippen molar-refractivity contribution in [3.63, 3.8) is 0 Å². The van der Waals surface area contributed by atoms with Crippen LogP contribution in [0.4, 0.5) is 13.2 Å². The van der Waals surface area contributed by atoms with Crippen molar-refractivity contribution in [2.75, 3.05) is 33.5 Å². The molecule has 96 valence electrons. The van der Waals surface area contributed by atoms with Gasteiger partial charge in [-0.3, -0.25) is 0 Å². The summed E-state index contributed by atoms with van der Waals surface area (Å²) >= 11 is 0. The highest BCUT2D eigenvalue weighted by atomic mass is 19.4. The zero-order valence-electron chi connectivity index (χ0n) is 9.35. The van der Waals surface area contributed by atoms with Crippen LogP contribution >= 0.6 is 0 Å². The van der Waals surface area contributed by atoms with Crippen molar-refractivity contribution in [1.29, 1.82) is 0 Å². The fraction of sp³-hybridized carbons (Fsp3) is 1.00. The lowest BCUT2D eigenvalue weighted by molar-refractivity contribution is -0.173. The molecule has 6 heteroatoms. The van der Waals surface area contributed by atoms with Crippen LogP contribution in [0.5, 0.6) is 0 Å². The molecule has 1 rings (SSSR count). The molecular weight excluding hydrogens is 223 g/mol. The van der Waals surface area contributed by atoms with E-state index < -0.39 is 12.8 Å². The summed E-state index contributed by atoms with van der Waals surface area (Å²) < 4.78 is 44.7. The molecule has 1 aliphatic rings. The third-order valence-electron chi connectivity index (χ3n) is 2.46. The topological polar surface area (TPSA) is 30.5 Å². The van der Waals surface area contributed by atoms with Crippen LogP contribution in [-0.2, 0) is 9.47 Å². The van der Waals surface area contributed by atoms with Crippen LogP contribution in [0.25, 0.3) is 0 Å². The van der Waals surface area contributed by atoms with Gasteiger partial charge in [0.1, 0.15) is 6.61 Å². The van der Waals surface area contributed by atoms with E-state index >= 15 is 0 Å². The Hall–Kier alpha value is -0.330. The van der Waals surface area contributed by atoms with Crippen molar-refractivity contribution >= 4 is 0 Å². The Bertz CT molecular complexity index is 195. The van der Waals surface area contributed by atoms with Gasteiger partial charge >= 0.3 is 6.18 Å². The molecular formula is C10H18F3NO2. The van der Waals surface area contributed by atoms with Crippen molar-refractivity contribution < 1.29 is 22.6 Å². The quantitative estimate of drug-likeness (QED) is 0.654. The lowest BCUT2D eigenvalue weighted by Crippen LogP contribution is -2.37. The summed E-state index contributed by atoms with van der Waals surface area (Å²) in [6, 6.07) is 0.250. The van der Waals surface area contributed by atoms with Gasteiger partial charge in [-0.25, -0.2) is 0 Å². The highest BCUT2D eigenvalue weighted by Gasteiger charge is 2.31. The lowest BCUT2D eigenvalue weighted by Gasteiger charge is -2.17. The van der Waals surface area contributed by atoms with Crippen molar-refractivity contribution in [3.8, 4) is 0 Å². The van der Waals surface area contributed by atoms with Gasteiger partial charge in [-0.05, 0) is 18.8 Å². The summed E-state index contributed by atoms with van der Waals surface area (Å²) in [5.41, 5.74) is 0. The standard InChI is InChI=1S/C10H18F3NO2/c1-15-6-9(8-2-3-8)14-4-5-16-7-10(11,12)13/h8-9,14H,2-7H2,1H3. The third kappa shape index (κ3) is 6.30. The van der Waals surface area contributed by atoms with Gasteiger partial charge in [0.25, 0.3) is 0 Å². The van der Waals surface area contributed by atoms with E-state index in [4.69, 9.17) is 4.74 Å². The molecule has 1 aliphatic carbocycles. The second-order valence-corrected chi connectivity index (χ2v) is 4.02. The molecule has 3 nitrogen and oxygen atoms in total. The first-order chi connectivity index (χ1) is 7.53. The van der Waals surface area contributed by atoms with Crippen molar-refractivity contribution in [3.05, 3.63) is 0 Å². The highest BCUT2D eigenvalue weighted by molar-refractivity contribution is 4.86. The average Bonchev–Trinajstić information content (AvgIpc) is 2.97. The first-order valence-electron chi connectivity index (χ1n) is 5.40. The van der Waals surface area contributed by atoms with Gasteiger partial charge in [0, 0.05) is 19.7 Å². The minimum absolute atomic E-state index is 0.0758. The lowest BCUT2D eigenvalue weighted by atomic mass is 10.2. The van der Waals surface area contributed by atoms with Crippen LogP contribution in [-0.4, -0.2) is 45.7 Å². The van der Waals surface area contributed by atoms with Gasteiger partial charge in [0.2, 0.25) is 0 Å². The molecule has 0 aliphatic heterocycles. The van der Waals surface area contributed by atoms with Crippen LogP contribution in [0.1, 0.15) is 12.8 Å². The van der Waals surface area contributed by atoms with Crippen LogP contribution in [0, 0.1) is 5.92 Å². The molecule has 0 aromatic heterocycles. The minimum atomic E-state index is -4.23. The summed E-state index contributed by atoms with van der Waals surface area (Å²) in [5.74, 6) is 0.613. The third-order valence-corrected chi connectivity index (χ3v) is 2.46. The molecule has 0 heterocycles. The van der Waals surface area contributed by atoms with E-state index in [-0.39, 0.29) is 12.6 Å². The zero-order valence-corrected chi connectivity index (χ0v) is 9.35. The molecule has 1 fully saturated rings. The Morgan fingerprint density at radius 3 is 2.56 bits per heavy atom. The molecule has 1 unspecified atom stereocenters. The van der Waals surface area contributed by atoms with Gasteiger partial charge in [0.15, 0.2) is 0 Å². The van der Waals surface area contributed by atoms with E-state index in [1.807, 2.05) is 0 Å². The Labute approximate surface area is 93.3 Å². The number of rotatable bonds is 8. The maximum Gasteiger partial charge on any atom is 0.411 e. The molecule has 0 saturated heterocycles. The Balaban J connectivity index is 2.00. The van der Waals surface area contributed by atoms with Crippen LogP contribution in [0.15, 0.2) is 0 Å². The maximum absolute atomic E-state index is 11.7. The predicted molar refractivity (Wildman–Crippen MR) is 53.3 cm³/mol. The van der Waals surface area contributed by atoms with Crippen LogP contribution in [0.3, 0.4) is 0 Å². The number of nitrogens with one attached hydrogen (secondary N) is 1. The molecule has 0 amide bonds. The van der Waals surface area contributed by atoms with E-state index in [0.29, 0.717) is 19.1 Å². The first kappa shape index (κ1) is 13.7. The van der Waals surface area contributed by atoms with Gasteiger partial charge in [-0.1, -0.05) is 0 Å². The molecule has 1 saturated carbocycles. The van der Waals surface area contributed by atoms with Gasteiger partial charge < -0.3 is 14.8 Å².